The largest absolute Gasteiger partial charge is 0.358 e. The molecule has 2 atom stereocenters. The van der Waals surface area contributed by atoms with Crippen molar-refractivity contribution < 1.29 is 9.59 Å². The molecule has 2 fully saturated rings. The van der Waals surface area contributed by atoms with E-state index in [1.165, 1.54) is 0 Å². The Bertz CT molecular complexity index is 353. The Balaban J connectivity index is 1.78. The van der Waals surface area contributed by atoms with Crippen molar-refractivity contribution in [3.63, 3.8) is 0 Å². The molecule has 0 bridgehead atoms. The zero-order valence-electron chi connectivity index (χ0n) is 12.5. The van der Waals surface area contributed by atoms with Gasteiger partial charge in [-0.15, -0.1) is 0 Å². The van der Waals surface area contributed by atoms with E-state index in [1.54, 1.807) is 7.05 Å². The predicted octanol–water partition coefficient (Wildman–Crippen LogP) is -0.735. The van der Waals surface area contributed by atoms with Crippen LogP contribution < -0.4 is 10.6 Å². The van der Waals surface area contributed by atoms with Crippen molar-refractivity contribution in [1.29, 1.82) is 0 Å². The van der Waals surface area contributed by atoms with E-state index in [1.807, 2.05) is 4.90 Å². The van der Waals surface area contributed by atoms with Gasteiger partial charge in [-0.2, -0.15) is 0 Å². The molecule has 2 saturated heterocycles. The molecule has 2 unspecified atom stereocenters. The van der Waals surface area contributed by atoms with Gasteiger partial charge in [-0.25, -0.2) is 0 Å². The molecule has 0 aromatic heterocycles. The van der Waals surface area contributed by atoms with E-state index in [0.29, 0.717) is 18.5 Å². The number of hydrogen-bond donors (Lipinski definition) is 2. The van der Waals surface area contributed by atoms with Gasteiger partial charge in [0, 0.05) is 45.2 Å². The number of carbonyl (C=O) groups is 2. The highest BCUT2D eigenvalue weighted by molar-refractivity contribution is 5.79. The fourth-order valence-electron chi connectivity index (χ4n) is 3.02. The van der Waals surface area contributed by atoms with Crippen LogP contribution in [0.15, 0.2) is 0 Å². The Kier molecular flexibility index (Phi) is 5.37. The maximum Gasteiger partial charge on any atom is 0.233 e. The van der Waals surface area contributed by atoms with Crippen LogP contribution in [-0.2, 0) is 9.59 Å². The molecular formula is C14H26N4O2. The van der Waals surface area contributed by atoms with E-state index in [2.05, 4.69) is 22.5 Å². The van der Waals surface area contributed by atoms with Crippen molar-refractivity contribution in [2.45, 2.75) is 25.8 Å². The molecule has 20 heavy (non-hydrogen) atoms. The van der Waals surface area contributed by atoms with Gasteiger partial charge in [0.05, 0.1) is 6.54 Å². The second kappa shape index (κ2) is 7.04. The van der Waals surface area contributed by atoms with Crippen LogP contribution in [0, 0.1) is 5.92 Å². The normalized spacial score (nSPS) is 28.2. The maximum atomic E-state index is 12.5. The molecule has 2 heterocycles. The van der Waals surface area contributed by atoms with Gasteiger partial charge >= 0.3 is 0 Å². The van der Waals surface area contributed by atoms with Gasteiger partial charge in [0.2, 0.25) is 11.8 Å². The number of hydrogen-bond acceptors (Lipinski definition) is 4. The molecule has 6 nitrogen and oxygen atoms in total. The van der Waals surface area contributed by atoms with Crippen LogP contribution in [0.4, 0.5) is 0 Å². The summed E-state index contributed by atoms with van der Waals surface area (Å²) in [6.07, 6.45) is 1.89. The number of nitrogens with one attached hydrogen (secondary N) is 2. The molecule has 2 amide bonds. The molecule has 0 radical (unpaired) electrons. The molecule has 2 aliphatic heterocycles. The van der Waals surface area contributed by atoms with E-state index in [0.717, 1.165) is 45.6 Å². The minimum absolute atomic E-state index is 0.0388. The maximum absolute atomic E-state index is 12.5. The van der Waals surface area contributed by atoms with Gasteiger partial charge in [-0.1, -0.05) is 0 Å². The van der Waals surface area contributed by atoms with Crippen molar-refractivity contribution in [2.24, 2.45) is 5.92 Å². The van der Waals surface area contributed by atoms with E-state index in [4.69, 9.17) is 0 Å². The van der Waals surface area contributed by atoms with Crippen molar-refractivity contribution in [2.75, 3.05) is 46.3 Å². The summed E-state index contributed by atoms with van der Waals surface area (Å²) < 4.78 is 0. The van der Waals surface area contributed by atoms with Crippen LogP contribution in [0.1, 0.15) is 19.8 Å². The van der Waals surface area contributed by atoms with Crippen LogP contribution in [0.25, 0.3) is 0 Å². The SMILES string of the molecule is CNC(=O)CN1CCN(C(=O)C2CCNC(C)C2)CC1. The van der Waals surface area contributed by atoms with Gasteiger partial charge in [-0.3, -0.25) is 14.5 Å². The molecule has 6 heteroatoms. The highest BCUT2D eigenvalue weighted by Crippen LogP contribution is 2.19. The first kappa shape index (κ1) is 15.3. The molecular weight excluding hydrogens is 256 g/mol. The third-order valence-electron chi connectivity index (χ3n) is 4.30. The van der Waals surface area contributed by atoms with Crippen molar-refractivity contribution >= 4 is 11.8 Å². The minimum Gasteiger partial charge on any atom is -0.358 e. The van der Waals surface area contributed by atoms with Gasteiger partial charge in [-0.05, 0) is 26.3 Å². The Morgan fingerprint density at radius 1 is 1.25 bits per heavy atom. The number of piperazine rings is 1. The molecule has 114 valence electrons. The Hall–Kier alpha value is -1.14. The number of amides is 2. The van der Waals surface area contributed by atoms with Crippen LogP contribution >= 0.6 is 0 Å². The standard InChI is InChI=1S/C14H26N4O2/c1-11-9-12(3-4-16-11)14(20)18-7-5-17(6-8-18)10-13(19)15-2/h11-12,16H,3-10H2,1-2H3,(H,15,19). The lowest BCUT2D eigenvalue weighted by molar-refractivity contribution is -0.138. The molecule has 0 spiro atoms. The van der Waals surface area contributed by atoms with Gasteiger partial charge < -0.3 is 15.5 Å². The first-order chi connectivity index (χ1) is 9.60. The van der Waals surface area contributed by atoms with Crippen LogP contribution in [0.3, 0.4) is 0 Å². The number of rotatable bonds is 3. The average molecular weight is 282 g/mol. The van der Waals surface area contributed by atoms with Crippen LogP contribution in [0.5, 0.6) is 0 Å². The topological polar surface area (TPSA) is 64.7 Å². The fourth-order valence-corrected chi connectivity index (χ4v) is 3.02. The molecule has 0 aliphatic carbocycles. The average Bonchev–Trinajstić information content (AvgIpc) is 2.47. The summed E-state index contributed by atoms with van der Waals surface area (Å²) in [6, 6.07) is 0.437. The number of piperidine rings is 1. The lowest BCUT2D eigenvalue weighted by Crippen LogP contribution is -2.53. The smallest absolute Gasteiger partial charge is 0.233 e. The Morgan fingerprint density at radius 3 is 2.55 bits per heavy atom. The number of likely N-dealkylation sites (N-methyl/N-ethyl adjacent to an activating group) is 1. The molecule has 0 saturated carbocycles. The Labute approximate surface area is 120 Å². The summed E-state index contributed by atoms with van der Waals surface area (Å²) in [5, 5.41) is 6.02. The van der Waals surface area contributed by atoms with Gasteiger partial charge in [0.1, 0.15) is 0 Å². The third-order valence-corrected chi connectivity index (χ3v) is 4.30. The summed E-state index contributed by atoms with van der Waals surface area (Å²) in [6.45, 7) is 6.58. The number of carbonyl (C=O) groups excluding carboxylic acids is 2. The zero-order valence-corrected chi connectivity index (χ0v) is 12.5. The highest BCUT2D eigenvalue weighted by atomic mass is 16.2. The minimum atomic E-state index is 0.0388. The lowest BCUT2D eigenvalue weighted by Gasteiger charge is -2.37. The monoisotopic (exact) mass is 282 g/mol. The summed E-state index contributed by atoms with van der Waals surface area (Å²) >= 11 is 0. The van der Waals surface area contributed by atoms with Crippen LogP contribution in [0.2, 0.25) is 0 Å². The number of nitrogens with zero attached hydrogens (tertiary/aromatic N) is 2. The lowest BCUT2D eigenvalue weighted by atomic mass is 9.92. The first-order valence-corrected chi connectivity index (χ1v) is 7.55. The second-order valence-electron chi connectivity index (χ2n) is 5.85. The Morgan fingerprint density at radius 2 is 1.95 bits per heavy atom. The molecule has 2 rings (SSSR count). The highest BCUT2D eigenvalue weighted by Gasteiger charge is 2.30. The van der Waals surface area contributed by atoms with E-state index >= 15 is 0 Å². The summed E-state index contributed by atoms with van der Waals surface area (Å²) in [5.41, 5.74) is 0. The molecule has 2 N–H and O–H groups in total. The van der Waals surface area contributed by atoms with E-state index < -0.39 is 0 Å². The second-order valence-corrected chi connectivity index (χ2v) is 5.85. The summed E-state index contributed by atoms with van der Waals surface area (Å²) in [4.78, 5) is 27.9. The van der Waals surface area contributed by atoms with Gasteiger partial charge in [0.15, 0.2) is 0 Å². The molecule has 0 aromatic carbocycles. The van der Waals surface area contributed by atoms with E-state index in [9.17, 15) is 9.59 Å². The van der Waals surface area contributed by atoms with Crippen LogP contribution in [-0.4, -0.2) is 74.0 Å². The predicted molar refractivity (Wildman–Crippen MR) is 77.3 cm³/mol. The molecule has 0 aromatic rings. The molecule has 2 aliphatic rings. The summed E-state index contributed by atoms with van der Waals surface area (Å²) in [5.74, 6) is 0.520. The third kappa shape index (κ3) is 3.93. The summed E-state index contributed by atoms with van der Waals surface area (Å²) in [7, 11) is 1.65. The first-order valence-electron chi connectivity index (χ1n) is 7.55. The van der Waals surface area contributed by atoms with Crippen molar-refractivity contribution in [1.82, 2.24) is 20.4 Å². The van der Waals surface area contributed by atoms with Crippen molar-refractivity contribution in [3.8, 4) is 0 Å². The quantitative estimate of drug-likeness (QED) is 0.716. The van der Waals surface area contributed by atoms with E-state index in [-0.39, 0.29) is 11.8 Å². The fraction of sp³-hybridized carbons (Fsp3) is 0.857. The van der Waals surface area contributed by atoms with Crippen molar-refractivity contribution in [3.05, 3.63) is 0 Å². The zero-order chi connectivity index (χ0) is 14.5. The van der Waals surface area contributed by atoms with Gasteiger partial charge in [0.25, 0.3) is 0 Å².